The van der Waals surface area contributed by atoms with Crippen molar-refractivity contribution in [3.05, 3.63) is 29.3 Å². The number of amides is 1. The highest BCUT2D eigenvalue weighted by molar-refractivity contribution is 7.80. The number of nitrogens with zero attached hydrogens (tertiary/aromatic N) is 2. The molecule has 2 rings (SSSR count). The number of likely N-dealkylation sites (N-methyl/N-ethyl adjacent to an activating group) is 1. The van der Waals surface area contributed by atoms with Crippen molar-refractivity contribution in [2.45, 2.75) is 13.0 Å². The van der Waals surface area contributed by atoms with E-state index in [0.29, 0.717) is 6.42 Å². The molecule has 4 heteroatoms. The van der Waals surface area contributed by atoms with Gasteiger partial charge in [-0.3, -0.25) is 9.69 Å². The molecule has 1 aliphatic heterocycles. The van der Waals surface area contributed by atoms with Gasteiger partial charge in [0.05, 0.1) is 6.42 Å². The summed E-state index contributed by atoms with van der Waals surface area (Å²) in [6.07, 6.45) is 0.532. The van der Waals surface area contributed by atoms with Crippen molar-refractivity contribution in [3.63, 3.8) is 0 Å². The van der Waals surface area contributed by atoms with Crippen molar-refractivity contribution in [2.24, 2.45) is 0 Å². The molecule has 1 amide bonds. The number of carbonyl (C=O) groups is 1. The van der Waals surface area contributed by atoms with Crippen LogP contribution in [0, 0.1) is 0 Å². The van der Waals surface area contributed by atoms with Gasteiger partial charge >= 0.3 is 0 Å². The first-order valence-corrected chi connectivity index (χ1v) is 5.93. The van der Waals surface area contributed by atoms with Gasteiger partial charge in [-0.25, -0.2) is 0 Å². The second-order valence-corrected chi connectivity index (χ2v) is 4.53. The molecule has 1 aromatic carbocycles. The van der Waals surface area contributed by atoms with Gasteiger partial charge in [-0.2, -0.15) is 12.6 Å². The van der Waals surface area contributed by atoms with E-state index >= 15 is 0 Å². The average molecular weight is 236 g/mol. The lowest BCUT2D eigenvalue weighted by Crippen LogP contribution is -2.20. The molecule has 0 atom stereocenters. The van der Waals surface area contributed by atoms with Crippen LogP contribution in [0.1, 0.15) is 11.1 Å². The monoisotopic (exact) mass is 236 g/mol. The SMILES string of the molecule is CN(CS)Cc1ccc2c(c1)CC(=O)N2C. The molecular formula is C12H16N2OS. The number of hydrogen-bond acceptors (Lipinski definition) is 3. The summed E-state index contributed by atoms with van der Waals surface area (Å²) in [6, 6.07) is 6.23. The smallest absolute Gasteiger partial charge is 0.231 e. The summed E-state index contributed by atoms with van der Waals surface area (Å²) in [5.41, 5.74) is 3.42. The molecule has 1 aliphatic rings. The number of rotatable bonds is 3. The highest BCUT2D eigenvalue weighted by Gasteiger charge is 2.23. The molecule has 0 bridgehead atoms. The summed E-state index contributed by atoms with van der Waals surface area (Å²) >= 11 is 4.22. The van der Waals surface area contributed by atoms with Crippen LogP contribution in [0.2, 0.25) is 0 Å². The number of fused-ring (bicyclic) bond motifs is 1. The molecule has 3 nitrogen and oxygen atoms in total. The standard InChI is InChI=1S/C12H16N2OS/c1-13(8-16)7-9-3-4-11-10(5-9)6-12(15)14(11)2/h3-5,16H,6-8H2,1-2H3. The van der Waals surface area contributed by atoms with Crippen LogP contribution in [0.15, 0.2) is 18.2 Å². The van der Waals surface area contributed by atoms with Crippen molar-refractivity contribution in [3.8, 4) is 0 Å². The number of thiol groups is 1. The lowest BCUT2D eigenvalue weighted by Gasteiger charge is -2.15. The largest absolute Gasteiger partial charge is 0.315 e. The summed E-state index contributed by atoms with van der Waals surface area (Å²) in [5, 5.41) is 0. The predicted molar refractivity (Wildman–Crippen MR) is 68.9 cm³/mol. The third kappa shape index (κ3) is 2.08. The quantitative estimate of drug-likeness (QED) is 0.635. The van der Waals surface area contributed by atoms with Gasteiger partial charge in [0.1, 0.15) is 0 Å². The molecule has 16 heavy (non-hydrogen) atoms. The van der Waals surface area contributed by atoms with Gasteiger partial charge in [0.2, 0.25) is 5.91 Å². The topological polar surface area (TPSA) is 23.6 Å². The highest BCUT2D eigenvalue weighted by Crippen LogP contribution is 2.28. The summed E-state index contributed by atoms with van der Waals surface area (Å²) in [6.45, 7) is 0.870. The van der Waals surface area contributed by atoms with E-state index in [4.69, 9.17) is 0 Å². The predicted octanol–water partition coefficient (Wildman–Crippen LogP) is 1.52. The lowest BCUT2D eigenvalue weighted by atomic mass is 10.1. The maximum absolute atomic E-state index is 11.5. The summed E-state index contributed by atoms with van der Waals surface area (Å²) in [4.78, 5) is 15.4. The highest BCUT2D eigenvalue weighted by atomic mass is 32.1. The molecule has 0 saturated carbocycles. The number of anilines is 1. The van der Waals surface area contributed by atoms with E-state index in [2.05, 4.69) is 29.7 Å². The van der Waals surface area contributed by atoms with E-state index in [1.807, 2.05) is 20.2 Å². The van der Waals surface area contributed by atoms with E-state index in [0.717, 1.165) is 23.7 Å². The minimum atomic E-state index is 0.176. The van der Waals surface area contributed by atoms with Crippen LogP contribution in [-0.2, 0) is 17.8 Å². The first-order chi connectivity index (χ1) is 7.61. The van der Waals surface area contributed by atoms with Crippen molar-refractivity contribution >= 4 is 24.2 Å². The van der Waals surface area contributed by atoms with Crippen molar-refractivity contribution in [1.82, 2.24) is 4.90 Å². The third-order valence-corrected chi connectivity index (χ3v) is 3.40. The lowest BCUT2D eigenvalue weighted by molar-refractivity contribution is -0.117. The zero-order valence-electron chi connectivity index (χ0n) is 9.60. The van der Waals surface area contributed by atoms with Crippen molar-refractivity contribution < 1.29 is 4.79 Å². The maximum Gasteiger partial charge on any atom is 0.231 e. The second-order valence-electron chi connectivity index (χ2n) is 4.25. The van der Waals surface area contributed by atoms with Crippen LogP contribution in [0.5, 0.6) is 0 Å². The minimum absolute atomic E-state index is 0.176. The Morgan fingerprint density at radius 1 is 1.50 bits per heavy atom. The van der Waals surface area contributed by atoms with Crippen LogP contribution >= 0.6 is 12.6 Å². The first-order valence-electron chi connectivity index (χ1n) is 5.29. The number of hydrogen-bond donors (Lipinski definition) is 1. The number of benzene rings is 1. The normalized spacial score (nSPS) is 14.8. The van der Waals surface area contributed by atoms with E-state index in [-0.39, 0.29) is 5.91 Å². The molecule has 0 spiro atoms. The van der Waals surface area contributed by atoms with Gasteiger partial charge < -0.3 is 4.90 Å². The fraction of sp³-hybridized carbons (Fsp3) is 0.417. The van der Waals surface area contributed by atoms with Crippen LogP contribution in [0.25, 0.3) is 0 Å². The zero-order valence-corrected chi connectivity index (χ0v) is 10.5. The van der Waals surface area contributed by atoms with Gasteiger partial charge in [0, 0.05) is 25.2 Å². The Labute approximate surface area is 101 Å². The zero-order chi connectivity index (χ0) is 11.7. The fourth-order valence-corrected chi connectivity index (χ4v) is 2.08. The van der Waals surface area contributed by atoms with Crippen LogP contribution in [-0.4, -0.2) is 30.8 Å². The number of carbonyl (C=O) groups excluding carboxylic acids is 1. The van der Waals surface area contributed by atoms with Crippen LogP contribution < -0.4 is 4.90 Å². The van der Waals surface area contributed by atoms with Gasteiger partial charge in [0.25, 0.3) is 0 Å². The first kappa shape index (κ1) is 11.5. The Kier molecular flexibility index (Phi) is 3.21. The second kappa shape index (κ2) is 4.47. The maximum atomic E-state index is 11.5. The molecule has 0 fully saturated rings. The third-order valence-electron chi connectivity index (χ3n) is 2.91. The molecule has 0 N–H and O–H groups in total. The Morgan fingerprint density at radius 2 is 2.25 bits per heavy atom. The van der Waals surface area contributed by atoms with Crippen LogP contribution in [0.3, 0.4) is 0 Å². The van der Waals surface area contributed by atoms with E-state index in [9.17, 15) is 4.79 Å². The molecule has 0 aliphatic carbocycles. The molecule has 86 valence electrons. The molecule has 1 aromatic rings. The van der Waals surface area contributed by atoms with E-state index in [1.54, 1.807) is 4.90 Å². The average Bonchev–Trinajstić information content (AvgIpc) is 2.54. The summed E-state index contributed by atoms with van der Waals surface area (Å²) in [7, 11) is 3.85. The van der Waals surface area contributed by atoms with E-state index < -0.39 is 0 Å². The Morgan fingerprint density at radius 3 is 2.94 bits per heavy atom. The van der Waals surface area contributed by atoms with Crippen molar-refractivity contribution in [2.75, 3.05) is 24.9 Å². The summed E-state index contributed by atoms with van der Waals surface area (Å²) in [5.74, 6) is 0.908. The van der Waals surface area contributed by atoms with Gasteiger partial charge in [-0.15, -0.1) is 0 Å². The molecular weight excluding hydrogens is 220 g/mol. The van der Waals surface area contributed by atoms with Gasteiger partial charge in [-0.1, -0.05) is 12.1 Å². The van der Waals surface area contributed by atoms with Gasteiger partial charge in [-0.05, 0) is 24.2 Å². The van der Waals surface area contributed by atoms with Crippen molar-refractivity contribution in [1.29, 1.82) is 0 Å². The summed E-state index contributed by atoms with van der Waals surface area (Å²) < 4.78 is 0. The fourth-order valence-electron chi connectivity index (χ4n) is 1.98. The molecule has 0 aromatic heterocycles. The Balaban J connectivity index is 2.22. The molecule has 0 radical (unpaired) electrons. The molecule has 0 saturated heterocycles. The minimum Gasteiger partial charge on any atom is -0.315 e. The van der Waals surface area contributed by atoms with Crippen LogP contribution in [0.4, 0.5) is 5.69 Å². The van der Waals surface area contributed by atoms with Gasteiger partial charge in [0.15, 0.2) is 0 Å². The Bertz CT molecular complexity index is 419. The molecule has 0 unspecified atom stereocenters. The molecule has 1 heterocycles. The Hall–Kier alpha value is -1.00. The van der Waals surface area contributed by atoms with E-state index in [1.165, 1.54) is 5.56 Å².